The molecule has 18 heavy (non-hydrogen) atoms. The first-order chi connectivity index (χ1) is 8.66. The van der Waals surface area contributed by atoms with Gasteiger partial charge in [-0.05, 0) is 39.3 Å². The summed E-state index contributed by atoms with van der Waals surface area (Å²) < 4.78 is 2.06. The van der Waals surface area contributed by atoms with E-state index in [1.807, 2.05) is 18.3 Å². The highest BCUT2D eigenvalue weighted by atomic mass is 15.3. The minimum Gasteiger partial charge on any atom is -0.399 e. The van der Waals surface area contributed by atoms with Crippen LogP contribution in [0.4, 0.5) is 5.69 Å². The van der Waals surface area contributed by atoms with E-state index in [4.69, 9.17) is 5.73 Å². The van der Waals surface area contributed by atoms with Crippen LogP contribution in [0, 0.1) is 0 Å². The summed E-state index contributed by atoms with van der Waals surface area (Å²) in [5.41, 5.74) is 7.33. The van der Waals surface area contributed by atoms with Crippen LogP contribution in [-0.2, 0) is 0 Å². The van der Waals surface area contributed by atoms with E-state index >= 15 is 0 Å². The second-order valence-electron chi connectivity index (χ2n) is 5.24. The number of hydrogen-bond donors (Lipinski definition) is 1. The number of pyridine rings is 1. The molecule has 1 saturated heterocycles. The van der Waals surface area contributed by atoms with E-state index in [1.165, 1.54) is 6.42 Å². The molecule has 0 spiro atoms. The molecule has 1 fully saturated rings. The van der Waals surface area contributed by atoms with Gasteiger partial charge in [0.05, 0.1) is 6.04 Å². The van der Waals surface area contributed by atoms with Gasteiger partial charge in [-0.1, -0.05) is 0 Å². The Labute approximate surface area is 107 Å². The van der Waals surface area contributed by atoms with Crippen LogP contribution in [0.25, 0.3) is 5.65 Å². The summed E-state index contributed by atoms with van der Waals surface area (Å²) in [6.45, 7) is 5.62. The van der Waals surface area contributed by atoms with Gasteiger partial charge in [-0.3, -0.25) is 9.30 Å². The number of hydrogen-bond acceptors (Lipinski definition) is 4. The lowest BCUT2D eigenvalue weighted by Crippen LogP contribution is -2.31. The molecule has 1 unspecified atom stereocenters. The van der Waals surface area contributed by atoms with Crippen molar-refractivity contribution in [2.24, 2.45) is 0 Å². The molecule has 2 N–H and O–H groups in total. The first-order valence-electron chi connectivity index (χ1n) is 6.52. The molecule has 2 aromatic heterocycles. The van der Waals surface area contributed by atoms with Crippen molar-refractivity contribution >= 4 is 11.3 Å². The molecule has 0 aliphatic carbocycles. The fraction of sp³-hybridized carbons (Fsp3) is 0.538. The summed E-state index contributed by atoms with van der Waals surface area (Å²) in [5, 5.41) is 8.59. The molecule has 96 valence electrons. The molecule has 5 nitrogen and oxygen atoms in total. The van der Waals surface area contributed by atoms with E-state index in [2.05, 4.69) is 33.3 Å². The lowest BCUT2D eigenvalue weighted by Gasteiger charge is -2.26. The van der Waals surface area contributed by atoms with Gasteiger partial charge in [-0.2, -0.15) is 0 Å². The van der Waals surface area contributed by atoms with Crippen LogP contribution in [0.5, 0.6) is 0 Å². The van der Waals surface area contributed by atoms with Crippen molar-refractivity contribution in [1.82, 2.24) is 19.5 Å². The highest BCUT2D eigenvalue weighted by molar-refractivity contribution is 5.51. The number of nitrogens with zero attached hydrogens (tertiary/aromatic N) is 4. The first kappa shape index (κ1) is 11.5. The molecule has 0 amide bonds. The third-order valence-electron chi connectivity index (χ3n) is 3.72. The molecule has 5 heteroatoms. The Morgan fingerprint density at radius 3 is 3.00 bits per heavy atom. The van der Waals surface area contributed by atoms with Crippen LogP contribution in [0.1, 0.15) is 38.6 Å². The monoisotopic (exact) mass is 245 g/mol. The van der Waals surface area contributed by atoms with E-state index in [9.17, 15) is 0 Å². The highest BCUT2D eigenvalue weighted by Crippen LogP contribution is 2.32. The van der Waals surface area contributed by atoms with Crippen molar-refractivity contribution in [2.45, 2.75) is 38.8 Å². The predicted molar refractivity (Wildman–Crippen MR) is 71.2 cm³/mol. The Balaban J connectivity index is 2.04. The molecule has 2 aromatic rings. The number of nitrogen functional groups attached to an aromatic ring is 1. The lowest BCUT2D eigenvalue weighted by molar-refractivity contribution is 0.197. The van der Waals surface area contributed by atoms with Gasteiger partial charge in [-0.25, -0.2) is 0 Å². The van der Waals surface area contributed by atoms with Gasteiger partial charge in [0.25, 0.3) is 0 Å². The van der Waals surface area contributed by atoms with Gasteiger partial charge in [0.15, 0.2) is 11.5 Å². The van der Waals surface area contributed by atoms with Crippen LogP contribution >= 0.6 is 0 Å². The quantitative estimate of drug-likeness (QED) is 0.877. The van der Waals surface area contributed by atoms with E-state index in [1.54, 1.807) is 0 Å². The van der Waals surface area contributed by atoms with Crippen LogP contribution in [-0.4, -0.2) is 32.1 Å². The Hall–Kier alpha value is -1.62. The van der Waals surface area contributed by atoms with Crippen molar-refractivity contribution in [3.8, 4) is 0 Å². The topological polar surface area (TPSA) is 59.5 Å². The zero-order valence-electron chi connectivity index (χ0n) is 10.9. The molecule has 0 aromatic carbocycles. The predicted octanol–water partition coefficient (Wildman–Crippen LogP) is 1.86. The highest BCUT2D eigenvalue weighted by Gasteiger charge is 2.31. The molecule has 1 atom stereocenters. The largest absolute Gasteiger partial charge is 0.399 e. The van der Waals surface area contributed by atoms with Crippen LogP contribution < -0.4 is 5.73 Å². The number of likely N-dealkylation sites (tertiary alicyclic amines) is 1. The van der Waals surface area contributed by atoms with Crippen molar-refractivity contribution < 1.29 is 0 Å². The van der Waals surface area contributed by atoms with Crippen LogP contribution in [0.15, 0.2) is 18.3 Å². The Bertz CT molecular complexity index is 560. The van der Waals surface area contributed by atoms with E-state index < -0.39 is 0 Å². The molecule has 1 aliphatic rings. The molecule has 1 aliphatic heterocycles. The smallest absolute Gasteiger partial charge is 0.162 e. The minimum absolute atomic E-state index is 0.378. The van der Waals surface area contributed by atoms with E-state index in [-0.39, 0.29) is 0 Å². The van der Waals surface area contributed by atoms with Crippen molar-refractivity contribution in [2.75, 3.05) is 12.3 Å². The molecule has 0 saturated carbocycles. The first-order valence-corrected chi connectivity index (χ1v) is 6.52. The van der Waals surface area contributed by atoms with Gasteiger partial charge in [0.1, 0.15) is 0 Å². The average Bonchev–Trinajstić information content (AvgIpc) is 2.92. The zero-order chi connectivity index (χ0) is 12.7. The van der Waals surface area contributed by atoms with Gasteiger partial charge in [0, 0.05) is 24.0 Å². The summed E-state index contributed by atoms with van der Waals surface area (Å²) in [4.78, 5) is 2.49. The van der Waals surface area contributed by atoms with Crippen LogP contribution in [0.3, 0.4) is 0 Å². The average molecular weight is 245 g/mol. The number of rotatable bonds is 2. The standard InChI is InChI=1S/C13H19N5/c1-9(2)17-6-3-4-11(17)13-16-15-12-8-10(14)5-7-18(12)13/h5,7-9,11H,3-4,6,14H2,1-2H3. The third-order valence-corrected chi connectivity index (χ3v) is 3.72. The molecular formula is C13H19N5. The van der Waals surface area contributed by atoms with Crippen molar-refractivity contribution in [1.29, 1.82) is 0 Å². The van der Waals surface area contributed by atoms with Crippen molar-refractivity contribution in [3.05, 3.63) is 24.2 Å². The SMILES string of the molecule is CC(C)N1CCCC1c1nnc2cc(N)ccn12. The molecule has 0 radical (unpaired) electrons. The maximum atomic E-state index is 5.77. The molecule has 3 rings (SSSR count). The van der Waals surface area contributed by atoms with Gasteiger partial charge >= 0.3 is 0 Å². The van der Waals surface area contributed by atoms with Gasteiger partial charge in [0.2, 0.25) is 0 Å². The summed E-state index contributed by atoms with van der Waals surface area (Å²) in [6, 6.07) is 4.68. The molecule has 0 bridgehead atoms. The normalized spacial score (nSPS) is 21.2. The lowest BCUT2D eigenvalue weighted by atomic mass is 10.2. The molecular weight excluding hydrogens is 226 g/mol. The maximum Gasteiger partial charge on any atom is 0.162 e. The van der Waals surface area contributed by atoms with E-state index in [0.29, 0.717) is 12.1 Å². The Kier molecular flexibility index (Phi) is 2.70. The summed E-state index contributed by atoms with van der Waals surface area (Å²) in [7, 11) is 0. The second-order valence-corrected chi connectivity index (χ2v) is 5.24. The number of nitrogens with two attached hydrogens (primary N) is 1. The van der Waals surface area contributed by atoms with Gasteiger partial charge in [-0.15, -0.1) is 10.2 Å². The molecule has 3 heterocycles. The second kappa shape index (κ2) is 4.24. The van der Waals surface area contributed by atoms with E-state index in [0.717, 1.165) is 30.1 Å². The fourth-order valence-corrected chi connectivity index (χ4v) is 2.84. The summed E-state index contributed by atoms with van der Waals surface area (Å²) in [5.74, 6) is 1.04. The van der Waals surface area contributed by atoms with Crippen LogP contribution in [0.2, 0.25) is 0 Å². The Morgan fingerprint density at radius 2 is 2.22 bits per heavy atom. The van der Waals surface area contributed by atoms with Gasteiger partial charge < -0.3 is 5.73 Å². The summed E-state index contributed by atoms with van der Waals surface area (Å²) in [6.07, 6.45) is 4.35. The third kappa shape index (κ3) is 1.75. The number of anilines is 1. The fourth-order valence-electron chi connectivity index (χ4n) is 2.84. The zero-order valence-corrected chi connectivity index (χ0v) is 10.9. The number of aromatic nitrogens is 3. The minimum atomic E-state index is 0.378. The maximum absolute atomic E-state index is 5.77. The van der Waals surface area contributed by atoms with Crippen molar-refractivity contribution in [3.63, 3.8) is 0 Å². The Morgan fingerprint density at radius 1 is 1.39 bits per heavy atom. The summed E-state index contributed by atoms with van der Waals surface area (Å²) >= 11 is 0. The number of fused-ring (bicyclic) bond motifs is 1.